The SMILES string of the molecule is CC(C)CSC1=NC(c2ccccc2)=CN2C(c3ccc(C(=O)NC4CC4)cc3)=CNC12C. The van der Waals surface area contributed by atoms with Gasteiger partial charge >= 0.3 is 0 Å². The number of rotatable bonds is 6. The summed E-state index contributed by atoms with van der Waals surface area (Å²) in [5.74, 6) is 1.59. The Labute approximate surface area is 200 Å². The molecule has 2 aromatic rings. The van der Waals surface area contributed by atoms with Gasteiger partial charge in [0.05, 0.1) is 11.4 Å². The van der Waals surface area contributed by atoms with E-state index in [9.17, 15) is 4.79 Å². The lowest BCUT2D eigenvalue weighted by atomic mass is 10.1. The molecule has 0 radical (unpaired) electrons. The van der Waals surface area contributed by atoms with Crippen molar-refractivity contribution in [2.75, 3.05) is 5.75 Å². The molecule has 33 heavy (non-hydrogen) atoms. The molecule has 0 saturated heterocycles. The van der Waals surface area contributed by atoms with E-state index in [1.54, 1.807) is 0 Å². The number of carbonyl (C=O) groups excluding carboxylic acids is 1. The van der Waals surface area contributed by atoms with Crippen molar-refractivity contribution in [3.8, 4) is 0 Å². The average Bonchev–Trinajstić information content (AvgIpc) is 3.57. The van der Waals surface area contributed by atoms with Crippen LogP contribution in [0.5, 0.6) is 0 Å². The first-order valence-corrected chi connectivity index (χ1v) is 12.6. The van der Waals surface area contributed by atoms with Crippen LogP contribution in [0.2, 0.25) is 0 Å². The van der Waals surface area contributed by atoms with Gasteiger partial charge in [0.15, 0.2) is 5.66 Å². The van der Waals surface area contributed by atoms with Gasteiger partial charge in [-0.05, 0) is 43.4 Å². The topological polar surface area (TPSA) is 56.7 Å². The predicted molar refractivity (Wildman–Crippen MR) is 137 cm³/mol. The molecule has 1 fully saturated rings. The van der Waals surface area contributed by atoms with Gasteiger partial charge in [-0.25, -0.2) is 4.99 Å². The van der Waals surface area contributed by atoms with Gasteiger partial charge in [-0.3, -0.25) is 4.79 Å². The van der Waals surface area contributed by atoms with E-state index < -0.39 is 5.66 Å². The van der Waals surface area contributed by atoms with Crippen LogP contribution in [-0.2, 0) is 0 Å². The molecule has 0 spiro atoms. The molecule has 2 N–H and O–H groups in total. The number of amides is 1. The van der Waals surface area contributed by atoms with Crippen molar-refractivity contribution in [1.82, 2.24) is 15.5 Å². The second-order valence-corrected chi connectivity index (χ2v) is 10.5. The van der Waals surface area contributed by atoms with Crippen LogP contribution in [0.15, 0.2) is 72.0 Å². The zero-order chi connectivity index (χ0) is 23.0. The van der Waals surface area contributed by atoms with Gasteiger partial charge in [-0.15, -0.1) is 11.8 Å². The van der Waals surface area contributed by atoms with Gasteiger partial charge in [0.25, 0.3) is 5.91 Å². The van der Waals surface area contributed by atoms with E-state index in [1.165, 1.54) is 0 Å². The third-order valence-electron chi connectivity index (χ3n) is 6.10. The Bertz CT molecular complexity index is 1130. The van der Waals surface area contributed by atoms with Crippen LogP contribution in [0.1, 0.15) is 55.1 Å². The van der Waals surface area contributed by atoms with Gasteiger partial charge in [0.1, 0.15) is 5.04 Å². The van der Waals surface area contributed by atoms with E-state index in [-0.39, 0.29) is 5.91 Å². The highest BCUT2D eigenvalue weighted by molar-refractivity contribution is 8.14. The van der Waals surface area contributed by atoms with E-state index in [0.717, 1.165) is 46.2 Å². The number of benzene rings is 2. The molecule has 1 atom stereocenters. The van der Waals surface area contributed by atoms with Gasteiger partial charge in [0, 0.05) is 35.3 Å². The zero-order valence-electron chi connectivity index (χ0n) is 19.3. The van der Waals surface area contributed by atoms with Crippen molar-refractivity contribution in [3.63, 3.8) is 0 Å². The smallest absolute Gasteiger partial charge is 0.251 e. The van der Waals surface area contributed by atoms with Gasteiger partial charge in [-0.2, -0.15) is 0 Å². The third-order valence-corrected chi connectivity index (χ3v) is 7.70. The molecule has 5 rings (SSSR count). The Hall–Kier alpha value is -2.99. The Balaban J connectivity index is 1.45. The number of hydrogen-bond acceptors (Lipinski definition) is 5. The summed E-state index contributed by atoms with van der Waals surface area (Å²) in [5, 5.41) is 7.71. The number of nitrogens with zero attached hydrogens (tertiary/aromatic N) is 2. The number of thioether (sulfide) groups is 1. The minimum absolute atomic E-state index is 0.0103. The first-order chi connectivity index (χ1) is 15.9. The predicted octanol–water partition coefficient (Wildman–Crippen LogP) is 5.30. The van der Waals surface area contributed by atoms with Crippen molar-refractivity contribution in [2.24, 2.45) is 10.9 Å². The molecule has 0 bridgehead atoms. The van der Waals surface area contributed by atoms with Crippen molar-refractivity contribution in [1.29, 1.82) is 0 Å². The number of hydrogen-bond donors (Lipinski definition) is 2. The van der Waals surface area contributed by atoms with Gasteiger partial charge in [-0.1, -0.05) is 56.3 Å². The summed E-state index contributed by atoms with van der Waals surface area (Å²) >= 11 is 1.81. The Kier molecular flexibility index (Phi) is 5.79. The molecule has 1 saturated carbocycles. The molecule has 170 valence electrons. The van der Waals surface area contributed by atoms with Crippen LogP contribution < -0.4 is 10.6 Å². The van der Waals surface area contributed by atoms with Crippen molar-refractivity contribution in [3.05, 3.63) is 83.7 Å². The Morgan fingerprint density at radius 3 is 2.55 bits per heavy atom. The maximum absolute atomic E-state index is 12.4. The second-order valence-electron chi connectivity index (χ2n) is 9.44. The molecule has 2 heterocycles. The van der Waals surface area contributed by atoms with E-state index >= 15 is 0 Å². The maximum atomic E-state index is 12.4. The number of fused-ring (bicyclic) bond motifs is 1. The number of aliphatic imine (C=N–C) groups is 1. The van der Waals surface area contributed by atoms with Crippen molar-refractivity contribution >= 4 is 34.1 Å². The minimum Gasteiger partial charge on any atom is -0.361 e. The summed E-state index contributed by atoms with van der Waals surface area (Å²) in [6, 6.07) is 18.6. The second kappa shape index (κ2) is 8.75. The average molecular weight is 459 g/mol. The molecule has 1 amide bonds. The van der Waals surface area contributed by atoms with Crippen LogP contribution >= 0.6 is 11.8 Å². The fourth-order valence-corrected chi connectivity index (χ4v) is 5.09. The van der Waals surface area contributed by atoms with E-state index in [2.05, 4.69) is 60.8 Å². The zero-order valence-corrected chi connectivity index (χ0v) is 20.2. The quantitative estimate of drug-likeness (QED) is 0.617. The summed E-state index contributed by atoms with van der Waals surface area (Å²) in [7, 11) is 0. The molecule has 1 aliphatic carbocycles. The standard InChI is InChI=1S/C27H30N4OS/c1-18(2)17-33-26-27(3)28-15-24(31(27)16-23(30-26)19-7-5-4-6-8-19)20-9-11-21(12-10-20)25(32)29-22-13-14-22/h4-12,15-16,18,22,28H,13-14,17H2,1-3H3,(H,29,32). The molecule has 6 heteroatoms. The summed E-state index contributed by atoms with van der Waals surface area (Å²) in [6.45, 7) is 6.65. The summed E-state index contributed by atoms with van der Waals surface area (Å²) in [4.78, 5) is 19.8. The van der Waals surface area contributed by atoms with Crippen molar-refractivity contribution < 1.29 is 4.79 Å². The monoisotopic (exact) mass is 458 g/mol. The van der Waals surface area contributed by atoms with Crippen LogP contribution in [0.25, 0.3) is 11.4 Å². The Morgan fingerprint density at radius 2 is 1.88 bits per heavy atom. The van der Waals surface area contributed by atoms with Gasteiger partial charge in [0.2, 0.25) is 0 Å². The van der Waals surface area contributed by atoms with E-state index in [1.807, 2.05) is 54.2 Å². The fraction of sp³-hybridized carbons (Fsp3) is 0.333. The lowest BCUT2D eigenvalue weighted by Gasteiger charge is -2.40. The summed E-state index contributed by atoms with van der Waals surface area (Å²) in [6.07, 6.45) is 6.37. The molecular formula is C27H30N4OS. The molecule has 1 unspecified atom stereocenters. The van der Waals surface area contributed by atoms with Crippen LogP contribution in [-0.4, -0.2) is 33.3 Å². The molecule has 3 aliphatic rings. The van der Waals surface area contributed by atoms with E-state index in [0.29, 0.717) is 17.5 Å². The highest BCUT2D eigenvalue weighted by Crippen LogP contribution is 2.41. The minimum atomic E-state index is -0.435. The molecule has 2 aromatic carbocycles. The van der Waals surface area contributed by atoms with Crippen LogP contribution in [0.3, 0.4) is 0 Å². The van der Waals surface area contributed by atoms with Crippen LogP contribution in [0.4, 0.5) is 0 Å². The highest BCUT2D eigenvalue weighted by Gasteiger charge is 2.44. The van der Waals surface area contributed by atoms with Crippen LogP contribution in [0, 0.1) is 5.92 Å². The highest BCUT2D eigenvalue weighted by atomic mass is 32.2. The first kappa shape index (κ1) is 21.8. The van der Waals surface area contributed by atoms with E-state index in [4.69, 9.17) is 4.99 Å². The fourth-order valence-electron chi connectivity index (χ4n) is 4.00. The molecule has 2 aliphatic heterocycles. The molecular weight excluding hydrogens is 428 g/mol. The Morgan fingerprint density at radius 1 is 1.15 bits per heavy atom. The summed E-state index contributed by atoms with van der Waals surface area (Å²) < 4.78 is 0. The first-order valence-electron chi connectivity index (χ1n) is 11.6. The van der Waals surface area contributed by atoms with Crippen molar-refractivity contribution in [2.45, 2.75) is 45.3 Å². The number of carbonyl (C=O) groups is 1. The molecule has 5 nitrogen and oxygen atoms in total. The normalized spacial score (nSPS) is 21.7. The van der Waals surface area contributed by atoms with Gasteiger partial charge < -0.3 is 15.5 Å². The maximum Gasteiger partial charge on any atom is 0.251 e. The largest absolute Gasteiger partial charge is 0.361 e. The number of nitrogens with one attached hydrogen (secondary N) is 2. The lowest BCUT2D eigenvalue weighted by Crippen LogP contribution is -2.54. The third kappa shape index (κ3) is 4.44. The summed E-state index contributed by atoms with van der Waals surface area (Å²) in [5.41, 5.74) is 4.45. The lowest BCUT2D eigenvalue weighted by molar-refractivity contribution is 0.0951. The molecule has 0 aromatic heterocycles.